The first kappa shape index (κ1) is 8.88. The summed E-state index contributed by atoms with van der Waals surface area (Å²) in [7, 11) is 0. The van der Waals surface area contributed by atoms with Crippen molar-refractivity contribution < 1.29 is 4.79 Å². The van der Waals surface area contributed by atoms with E-state index in [-0.39, 0.29) is 6.41 Å². The van der Waals surface area contributed by atoms with Gasteiger partial charge in [0.1, 0.15) is 0 Å². The summed E-state index contributed by atoms with van der Waals surface area (Å²) in [5.74, 6) is 0. The number of nitriles is 1. The lowest BCUT2D eigenvalue weighted by Crippen LogP contribution is -1.82. The first-order valence-electron chi connectivity index (χ1n) is 1.29. The summed E-state index contributed by atoms with van der Waals surface area (Å²) in [4.78, 5) is 8.58. The molecule has 0 aromatic heterocycles. The van der Waals surface area contributed by atoms with Gasteiger partial charge in [-0.15, -0.1) is 0 Å². The van der Waals surface area contributed by atoms with Crippen molar-refractivity contribution in [2.75, 3.05) is 0 Å². The fourth-order valence-electron chi connectivity index (χ4n) is 0. The van der Waals surface area contributed by atoms with Crippen molar-refractivity contribution in [3.8, 4) is 6.07 Å². The lowest BCUT2D eigenvalue weighted by atomic mass is 11.0. The molecule has 0 atom stereocenters. The summed E-state index contributed by atoms with van der Waals surface area (Å²) >= 11 is 0. The summed E-state index contributed by atoms with van der Waals surface area (Å²) in [6.07, 6.45) is 0.250. The molecular formula is C3H6N2O. The Morgan fingerprint density at radius 2 is 2.00 bits per heavy atom. The lowest BCUT2D eigenvalue weighted by molar-refractivity contribution is -0.106. The van der Waals surface area contributed by atoms with Gasteiger partial charge in [0, 0.05) is 6.92 Å². The van der Waals surface area contributed by atoms with Gasteiger partial charge in [-0.1, -0.05) is 0 Å². The molecule has 0 rings (SSSR count). The second-order valence-corrected chi connectivity index (χ2v) is 0.360. The van der Waals surface area contributed by atoms with E-state index in [1.165, 1.54) is 6.92 Å². The maximum atomic E-state index is 8.58. The van der Waals surface area contributed by atoms with E-state index in [0.717, 1.165) is 0 Å². The summed E-state index contributed by atoms with van der Waals surface area (Å²) in [5.41, 5.74) is 4.17. The standard InChI is InChI=1S/C2H3N.CH3NO/c1-2-3;2-1-3/h1H3;1H,(H2,2,3). The van der Waals surface area contributed by atoms with Crippen LogP contribution in [-0.2, 0) is 4.79 Å². The smallest absolute Gasteiger partial charge is 0.204 e. The maximum Gasteiger partial charge on any atom is 0.204 e. The number of nitrogens with two attached hydrogens (primary N) is 1. The van der Waals surface area contributed by atoms with Gasteiger partial charge in [0.25, 0.3) is 0 Å². The monoisotopic (exact) mass is 86.0 g/mol. The number of amides is 1. The van der Waals surface area contributed by atoms with Crippen LogP contribution in [0.5, 0.6) is 0 Å². The van der Waals surface area contributed by atoms with E-state index in [1.54, 1.807) is 6.07 Å². The minimum atomic E-state index is 0.250. The molecule has 2 N–H and O–H groups in total. The topological polar surface area (TPSA) is 66.9 Å². The SMILES string of the molecule is CC#N.NC=O. The molecular weight excluding hydrogens is 80.0 g/mol. The van der Waals surface area contributed by atoms with E-state index in [4.69, 9.17) is 10.1 Å². The summed E-state index contributed by atoms with van der Waals surface area (Å²) in [6, 6.07) is 1.75. The Hall–Kier alpha value is -1.04. The number of primary amides is 1. The van der Waals surface area contributed by atoms with E-state index in [2.05, 4.69) is 5.73 Å². The van der Waals surface area contributed by atoms with Gasteiger partial charge in [-0.25, -0.2) is 0 Å². The minimum Gasteiger partial charge on any atom is -0.372 e. The molecule has 0 aliphatic rings. The summed E-state index contributed by atoms with van der Waals surface area (Å²) in [5, 5.41) is 7.32. The molecule has 6 heavy (non-hydrogen) atoms. The normalized spacial score (nSPS) is 3.33. The number of rotatable bonds is 0. The number of nitrogens with zero attached hydrogens (tertiary/aromatic N) is 1. The molecule has 3 nitrogen and oxygen atoms in total. The number of carbonyl (C=O) groups is 1. The third-order valence-corrected chi connectivity index (χ3v) is 0. The molecule has 0 heterocycles. The largest absolute Gasteiger partial charge is 0.372 e. The Morgan fingerprint density at radius 1 is 2.00 bits per heavy atom. The Balaban J connectivity index is 0. The van der Waals surface area contributed by atoms with E-state index in [9.17, 15) is 0 Å². The van der Waals surface area contributed by atoms with Crippen LogP contribution in [0, 0.1) is 11.3 Å². The van der Waals surface area contributed by atoms with Crippen molar-refractivity contribution in [2.45, 2.75) is 6.92 Å². The van der Waals surface area contributed by atoms with Crippen LogP contribution in [0.15, 0.2) is 0 Å². The predicted octanol–water partition coefficient (Wildman–Crippen LogP) is -0.369. The summed E-state index contributed by atoms with van der Waals surface area (Å²) in [6.45, 7) is 1.43. The second-order valence-electron chi connectivity index (χ2n) is 0.360. The van der Waals surface area contributed by atoms with E-state index in [1.807, 2.05) is 0 Å². The molecule has 34 valence electrons. The van der Waals surface area contributed by atoms with E-state index < -0.39 is 0 Å². The van der Waals surface area contributed by atoms with E-state index >= 15 is 0 Å². The zero-order chi connectivity index (χ0) is 5.41. The fourth-order valence-corrected chi connectivity index (χ4v) is 0. The third-order valence-electron chi connectivity index (χ3n) is 0. The minimum absolute atomic E-state index is 0.250. The Morgan fingerprint density at radius 3 is 2.00 bits per heavy atom. The Kier molecular flexibility index (Phi) is 55.7. The molecule has 0 aromatic carbocycles. The molecule has 0 fully saturated rings. The summed E-state index contributed by atoms with van der Waals surface area (Å²) < 4.78 is 0. The van der Waals surface area contributed by atoms with Crippen LogP contribution in [0.3, 0.4) is 0 Å². The van der Waals surface area contributed by atoms with Crippen LogP contribution < -0.4 is 5.73 Å². The van der Waals surface area contributed by atoms with E-state index in [0.29, 0.717) is 0 Å². The Labute approximate surface area is 36.4 Å². The van der Waals surface area contributed by atoms with Crippen molar-refractivity contribution in [3.05, 3.63) is 0 Å². The average molecular weight is 86.1 g/mol. The molecule has 0 bridgehead atoms. The van der Waals surface area contributed by atoms with Gasteiger partial charge < -0.3 is 5.73 Å². The first-order valence-corrected chi connectivity index (χ1v) is 1.29. The van der Waals surface area contributed by atoms with Crippen LogP contribution in [0.1, 0.15) is 6.92 Å². The highest BCUT2D eigenvalue weighted by molar-refractivity contribution is 5.42. The third kappa shape index (κ3) is 10.5. The molecule has 0 saturated heterocycles. The number of hydrogen-bond acceptors (Lipinski definition) is 2. The molecule has 0 unspecified atom stereocenters. The maximum absolute atomic E-state index is 8.58. The van der Waals surface area contributed by atoms with Gasteiger partial charge in [0.05, 0.1) is 6.07 Å². The highest BCUT2D eigenvalue weighted by Gasteiger charge is 1.19. The van der Waals surface area contributed by atoms with Gasteiger partial charge in [-0.3, -0.25) is 4.79 Å². The zero-order valence-electron chi connectivity index (χ0n) is 3.51. The second kappa shape index (κ2) is 37.6. The molecule has 0 radical (unpaired) electrons. The highest BCUT2D eigenvalue weighted by atomic mass is 16.1. The molecule has 0 saturated carbocycles. The van der Waals surface area contributed by atoms with Gasteiger partial charge in [0.15, 0.2) is 0 Å². The van der Waals surface area contributed by atoms with Gasteiger partial charge in [-0.2, -0.15) is 5.26 Å². The Bertz CT molecular complexity index is 54.3. The molecule has 3 heteroatoms. The fraction of sp³-hybridized carbons (Fsp3) is 0.333. The number of hydrogen-bond donors (Lipinski definition) is 1. The van der Waals surface area contributed by atoms with Crippen LogP contribution in [-0.4, -0.2) is 6.41 Å². The van der Waals surface area contributed by atoms with Crippen LogP contribution in [0.25, 0.3) is 0 Å². The molecule has 1 amide bonds. The first-order chi connectivity index (χ1) is 2.83. The molecule has 0 aliphatic heterocycles. The van der Waals surface area contributed by atoms with Gasteiger partial charge >= 0.3 is 0 Å². The van der Waals surface area contributed by atoms with Crippen molar-refractivity contribution in [1.82, 2.24) is 0 Å². The number of carbonyl (C=O) groups excluding carboxylic acids is 1. The average Bonchev–Trinajstić information content (AvgIpc) is 1.39. The molecule has 0 spiro atoms. The predicted molar refractivity (Wildman–Crippen MR) is 21.5 cm³/mol. The van der Waals surface area contributed by atoms with Crippen molar-refractivity contribution in [3.63, 3.8) is 0 Å². The highest BCUT2D eigenvalue weighted by Crippen LogP contribution is 1.21. The van der Waals surface area contributed by atoms with Crippen LogP contribution in [0.4, 0.5) is 0 Å². The van der Waals surface area contributed by atoms with Crippen LogP contribution >= 0.6 is 0 Å². The quantitative estimate of drug-likeness (QED) is 0.409. The lowest BCUT2D eigenvalue weighted by Gasteiger charge is -1.32. The van der Waals surface area contributed by atoms with Crippen molar-refractivity contribution >= 4 is 6.41 Å². The van der Waals surface area contributed by atoms with Gasteiger partial charge in [0.2, 0.25) is 6.41 Å². The van der Waals surface area contributed by atoms with Gasteiger partial charge in [-0.05, 0) is 0 Å². The van der Waals surface area contributed by atoms with Crippen molar-refractivity contribution in [2.24, 2.45) is 5.73 Å². The van der Waals surface area contributed by atoms with Crippen molar-refractivity contribution in [1.29, 1.82) is 5.26 Å². The molecule has 0 aliphatic carbocycles. The van der Waals surface area contributed by atoms with Crippen LogP contribution in [0.2, 0.25) is 0 Å². The zero-order valence-corrected chi connectivity index (χ0v) is 3.51. The molecule has 0 aromatic rings.